The van der Waals surface area contributed by atoms with Crippen molar-refractivity contribution in [3.63, 3.8) is 0 Å². The number of piperidine rings is 1. The van der Waals surface area contributed by atoms with Crippen molar-refractivity contribution < 1.29 is 5.11 Å². The fourth-order valence-electron chi connectivity index (χ4n) is 4.71. The van der Waals surface area contributed by atoms with Crippen LogP contribution >= 0.6 is 0 Å². The Kier molecular flexibility index (Phi) is 9.42. The number of benzene rings is 2. The second kappa shape index (κ2) is 12.5. The number of hydrogen-bond acceptors (Lipinski definition) is 4. The Morgan fingerprint density at radius 1 is 1.12 bits per heavy atom. The molecule has 0 unspecified atom stereocenters. The Bertz CT molecular complexity index is 948. The van der Waals surface area contributed by atoms with E-state index in [0.29, 0.717) is 18.3 Å². The largest absolute Gasteiger partial charge is 0.507 e. The molecule has 0 saturated carbocycles. The Hall–Kier alpha value is -2.74. The van der Waals surface area contributed by atoms with Gasteiger partial charge in [0.25, 0.3) is 0 Å². The fraction of sp³-hybridized carbons (Fsp3) is 0.448. The van der Waals surface area contributed by atoms with Crippen molar-refractivity contribution in [1.82, 2.24) is 14.7 Å². The summed E-state index contributed by atoms with van der Waals surface area (Å²) < 4.78 is 0. The minimum Gasteiger partial charge on any atom is -0.507 e. The molecule has 1 aliphatic heterocycles. The summed E-state index contributed by atoms with van der Waals surface area (Å²) in [6, 6.07) is 15.1. The lowest BCUT2D eigenvalue weighted by atomic mass is 10.0. The molecule has 1 saturated heterocycles. The van der Waals surface area contributed by atoms with E-state index in [1.165, 1.54) is 18.4 Å². The number of aromatic hydroxyl groups is 1. The first kappa shape index (κ1) is 24.9. The molecule has 1 aliphatic rings. The molecule has 0 bridgehead atoms. The molecule has 33 heavy (non-hydrogen) atoms. The van der Waals surface area contributed by atoms with Gasteiger partial charge in [-0.05, 0) is 75.4 Å². The highest BCUT2D eigenvalue weighted by atomic mass is 16.3. The predicted molar refractivity (Wildman–Crippen MR) is 138 cm³/mol. The van der Waals surface area contributed by atoms with Gasteiger partial charge in [0.15, 0.2) is 0 Å². The maximum Gasteiger partial charge on any atom is 0.123 e. The molecule has 1 N–H and O–H groups in total. The summed E-state index contributed by atoms with van der Waals surface area (Å²) in [7, 11) is 0. The Balaban J connectivity index is 1.62. The van der Waals surface area contributed by atoms with Gasteiger partial charge in [0.05, 0.1) is 6.54 Å². The molecule has 4 heteroatoms. The van der Waals surface area contributed by atoms with Gasteiger partial charge in [0, 0.05) is 30.3 Å². The molecule has 0 aromatic heterocycles. The quantitative estimate of drug-likeness (QED) is 0.550. The van der Waals surface area contributed by atoms with E-state index >= 15 is 0 Å². The minimum absolute atomic E-state index is 0.406. The zero-order valence-electron chi connectivity index (χ0n) is 20.6. The molecule has 1 heterocycles. The number of phenolic OH excluding ortho intramolecular Hbond substituents is 1. The van der Waals surface area contributed by atoms with Crippen molar-refractivity contribution in [2.75, 3.05) is 32.7 Å². The number of aryl methyl sites for hydroxylation is 1. The number of phenols is 1. The van der Waals surface area contributed by atoms with E-state index in [-0.39, 0.29) is 0 Å². The third-order valence-electron chi connectivity index (χ3n) is 6.66. The van der Waals surface area contributed by atoms with Gasteiger partial charge in [0.1, 0.15) is 5.75 Å². The SMILES string of the molecule is C=CN(CC#Cc1cc(C)c(O)c(CN2CCC(N(CC)CC)CC2)c1)Cc1ccccc1. The van der Waals surface area contributed by atoms with E-state index in [1.54, 1.807) is 0 Å². The fourth-order valence-corrected chi connectivity index (χ4v) is 4.71. The average molecular weight is 446 g/mol. The first-order valence-corrected chi connectivity index (χ1v) is 12.2. The Labute approximate surface area is 200 Å². The van der Waals surface area contributed by atoms with Gasteiger partial charge in [0.2, 0.25) is 0 Å². The molecule has 3 rings (SSSR count). The van der Waals surface area contributed by atoms with Gasteiger partial charge >= 0.3 is 0 Å². The first-order chi connectivity index (χ1) is 16.0. The van der Waals surface area contributed by atoms with Crippen molar-refractivity contribution >= 4 is 0 Å². The van der Waals surface area contributed by atoms with Crippen molar-refractivity contribution in [3.05, 3.63) is 77.5 Å². The third-order valence-corrected chi connectivity index (χ3v) is 6.66. The molecule has 1 fully saturated rings. The Morgan fingerprint density at radius 2 is 1.82 bits per heavy atom. The van der Waals surface area contributed by atoms with Crippen molar-refractivity contribution in [3.8, 4) is 17.6 Å². The summed E-state index contributed by atoms with van der Waals surface area (Å²) in [4.78, 5) is 7.14. The van der Waals surface area contributed by atoms with E-state index in [1.807, 2.05) is 25.3 Å². The summed E-state index contributed by atoms with van der Waals surface area (Å²) in [5.41, 5.74) is 4.07. The van der Waals surface area contributed by atoms with Crippen LogP contribution in [0.15, 0.2) is 55.2 Å². The second-order valence-corrected chi connectivity index (χ2v) is 8.90. The molecule has 0 spiro atoms. The van der Waals surface area contributed by atoms with Crippen molar-refractivity contribution in [2.45, 2.75) is 52.7 Å². The van der Waals surface area contributed by atoms with E-state index < -0.39 is 0 Å². The molecule has 0 amide bonds. The van der Waals surface area contributed by atoms with E-state index in [2.05, 4.69) is 77.3 Å². The van der Waals surface area contributed by atoms with Crippen molar-refractivity contribution in [2.24, 2.45) is 0 Å². The van der Waals surface area contributed by atoms with Crippen LogP contribution in [0, 0.1) is 18.8 Å². The molecule has 0 atom stereocenters. The average Bonchev–Trinajstić information content (AvgIpc) is 2.84. The first-order valence-electron chi connectivity index (χ1n) is 12.2. The maximum atomic E-state index is 10.7. The second-order valence-electron chi connectivity index (χ2n) is 8.90. The van der Waals surface area contributed by atoms with Gasteiger partial charge in [-0.1, -0.05) is 62.6 Å². The molecule has 2 aromatic carbocycles. The van der Waals surface area contributed by atoms with Crippen LogP contribution in [0.5, 0.6) is 5.75 Å². The summed E-state index contributed by atoms with van der Waals surface area (Å²) in [5.74, 6) is 6.99. The Morgan fingerprint density at radius 3 is 2.45 bits per heavy atom. The smallest absolute Gasteiger partial charge is 0.123 e. The van der Waals surface area contributed by atoms with Crippen LogP contribution in [0.2, 0.25) is 0 Å². The standard InChI is InChI=1S/C29H39N3O/c1-5-30(22-25-12-9-8-10-13-25)17-11-14-26-20-24(4)29(33)27(21-26)23-31-18-15-28(16-19-31)32(6-2)7-3/h5,8-10,12-13,20-21,28,33H,1,6-7,15-19,22-23H2,2-4H3. The molecular weight excluding hydrogens is 406 g/mol. The number of rotatable bonds is 9. The summed E-state index contributed by atoms with van der Waals surface area (Å²) >= 11 is 0. The monoisotopic (exact) mass is 445 g/mol. The highest BCUT2D eigenvalue weighted by Gasteiger charge is 2.23. The van der Waals surface area contributed by atoms with Gasteiger partial charge in [-0.15, -0.1) is 0 Å². The highest BCUT2D eigenvalue weighted by Crippen LogP contribution is 2.27. The van der Waals surface area contributed by atoms with Crippen LogP contribution in [0.3, 0.4) is 0 Å². The maximum absolute atomic E-state index is 10.7. The number of hydrogen-bond donors (Lipinski definition) is 1. The van der Waals surface area contributed by atoms with Crippen molar-refractivity contribution in [1.29, 1.82) is 0 Å². The zero-order valence-corrected chi connectivity index (χ0v) is 20.6. The lowest BCUT2D eigenvalue weighted by Crippen LogP contribution is -2.44. The molecular formula is C29H39N3O. The molecule has 2 aromatic rings. The van der Waals surface area contributed by atoms with Crippen LogP contribution in [-0.2, 0) is 13.1 Å². The minimum atomic E-state index is 0.406. The highest BCUT2D eigenvalue weighted by molar-refractivity contribution is 5.48. The molecule has 0 radical (unpaired) electrons. The summed E-state index contributed by atoms with van der Waals surface area (Å²) in [6.07, 6.45) is 4.23. The third kappa shape index (κ3) is 7.12. The van der Waals surface area contributed by atoms with Crippen LogP contribution in [0.25, 0.3) is 0 Å². The van der Waals surface area contributed by atoms with Gasteiger partial charge in [-0.3, -0.25) is 4.90 Å². The lowest BCUT2D eigenvalue weighted by Gasteiger charge is -2.37. The topological polar surface area (TPSA) is 30.0 Å². The van der Waals surface area contributed by atoms with E-state index in [4.69, 9.17) is 0 Å². The van der Waals surface area contributed by atoms with Gasteiger partial charge < -0.3 is 14.9 Å². The van der Waals surface area contributed by atoms with Gasteiger partial charge in [-0.2, -0.15) is 0 Å². The predicted octanol–water partition coefficient (Wildman–Crippen LogP) is 5.00. The molecule has 176 valence electrons. The molecule has 4 nitrogen and oxygen atoms in total. The summed E-state index contributed by atoms with van der Waals surface area (Å²) in [6.45, 7) is 17.0. The van der Waals surface area contributed by atoms with E-state index in [0.717, 1.165) is 56.0 Å². The normalized spacial score (nSPS) is 14.7. The molecule has 0 aliphatic carbocycles. The van der Waals surface area contributed by atoms with E-state index in [9.17, 15) is 5.11 Å². The number of likely N-dealkylation sites (tertiary alicyclic amines) is 1. The lowest BCUT2D eigenvalue weighted by molar-refractivity contribution is 0.112. The number of nitrogens with zero attached hydrogens (tertiary/aromatic N) is 3. The summed E-state index contributed by atoms with van der Waals surface area (Å²) in [5, 5.41) is 10.7. The van der Waals surface area contributed by atoms with Crippen LogP contribution in [0.4, 0.5) is 0 Å². The van der Waals surface area contributed by atoms with Gasteiger partial charge in [-0.25, -0.2) is 0 Å². The van der Waals surface area contributed by atoms with Crippen LogP contribution in [-0.4, -0.2) is 58.6 Å². The van der Waals surface area contributed by atoms with Crippen LogP contribution < -0.4 is 0 Å². The zero-order chi connectivity index (χ0) is 23.6. The van der Waals surface area contributed by atoms with Crippen LogP contribution in [0.1, 0.15) is 48.9 Å².